The van der Waals surface area contributed by atoms with E-state index in [2.05, 4.69) is 0 Å². The Morgan fingerprint density at radius 2 is 1.70 bits per heavy atom. The first-order valence-electron chi connectivity index (χ1n) is 10.3. The quantitative estimate of drug-likeness (QED) is 0.552. The van der Waals surface area contributed by atoms with Crippen molar-refractivity contribution in [2.45, 2.75) is 71.7 Å². The highest BCUT2D eigenvalue weighted by Gasteiger charge is 2.55. The van der Waals surface area contributed by atoms with Crippen molar-refractivity contribution >= 4 is 13.1 Å². The Morgan fingerprint density at radius 1 is 1.10 bits per heavy atom. The third-order valence-corrected chi connectivity index (χ3v) is 6.28. The van der Waals surface area contributed by atoms with Crippen LogP contribution in [0.5, 0.6) is 5.75 Å². The maximum atomic E-state index is 12.0. The van der Waals surface area contributed by atoms with Gasteiger partial charge in [-0.15, -0.1) is 0 Å². The molecule has 0 radical (unpaired) electrons. The molecule has 162 valence electrons. The second kappa shape index (κ2) is 7.78. The van der Waals surface area contributed by atoms with Crippen molar-refractivity contribution in [2.24, 2.45) is 0 Å². The molecule has 2 aliphatic rings. The Hall–Kier alpha value is -2.25. The molecule has 6 nitrogen and oxygen atoms in total. The molecule has 1 fully saturated rings. The van der Waals surface area contributed by atoms with Crippen LogP contribution in [0.1, 0.15) is 54.0 Å². The van der Waals surface area contributed by atoms with E-state index in [4.69, 9.17) is 18.8 Å². The zero-order valence-electron chi connectivity index (χ0n) is 18.9. The number of benzene rings is 1. The summed E-state index contributed by atoms with van der Waals surface area (Å²) in [6, 6.07) is 7.27. The van der Waals surface area contributed by atoms with Crippen molar-refractivity contribution in [3.05, 3.63) is 52.7 Å². The largest absolute Gasteiger partial charge is 0.508 e. The fourth-order valence-electron chi connectivity index (χ4n) is 3.52. The summed E-state index contributed by atoms with van der Waals surface area (Å²) in [6.45, 7) is 13.7. The standard InChI is InChI=1S/C23H31BO6/c1-8-27-19(25)14-16-11-9-10-12-18(16)28-23(7)15(2)13-17(20(23)26)24-29-21(3,4)22(5,6)30-24/h9-13,26H,8,14H2,1-7H3. The minimum absolute atomic E-state index is 0.0458. The Kier molecular flexibility index (Phi) is 5.82. The van der Waals surface area contributed by atoms with Gasteiger partial charge >= 0.3 is 13.1 Å². The molecular weight excluding hydrogens is 383 g/mol. The lowest BCUT2D eigenvalue weighted by atomic mass is 9.78. The van der Waals surface area contributed by atoms with Gasteiger partial charge in [0.25, 0.3) is 0 Å². The molecule has 1 heterocycles. The van der Waals surface area contributed by atoms with E-state index >= 15 is 0 Å². The molecule has 0 spiro atoms. The zero-order chi connectivity index (χ0) is 22.3. The van der Waals surface area contributed by atoms with Crippen LogP contribution >= 0.6 is 0 Å². The predicted octanol–water partition coefficient (Wildman–Crippen LogP) is 4.33. The van der Waals surface area contributed by atoms with Crippen molar-refractivity contribution in [1.29, 1.82) is 0 Å². The van der Waals surface area contributed by atoms with E-state index in [0.717, 1.165) is 5.57 Å². The van der Waals surface area contributed by atoms with Crippen LogP contribution in [0.3, 0.4) is 0 Å². The molecular formula is C23H31BO6. The molecule has 1 aliphatic carbocycles. The minimum Gasteiger partial charge on any atom is -0.508 e. The van der Waals surface area contributed by atoms with Crippen LogP contribution in [-0.4, -0.2) is 41.6 Å². The van der Waals surface area contributed by atoms with Gasteiger partial charge < -0.3 is 23.9 Å². The van der Waals surface area contributed by atoms with E-state index in [-0.39, 0.29) is 18.1 Å². The Balaban J connectivity index is 1.89. The summed E-state index contributed by atoms with van der Waals surface area (Å²) in [5.74, 6) is 0.238. The molecule has 30 heavy (non-hydrogen) atoms. The van der Waals surface area contributed by atoms with Crippen LogP contribution in [0.4, 0.5) is 0 Å². The molecule has 0 bridgehead atoms. The normalized spacial score (nSPS) is 24.8. The summed E-state index contributed by atoms with van der Waals surface area (Å²) >= 11 is 0. The number of hydrogen-bond donors (Lipinski definition) is 1. The number of para-hydroxylation sites is 1. The monoisotopic (exact) mass is 414 g/mol. The molecule has 0 amide bonds. The Morgan fingerprint density at radius 3 is 2.30 bits per heavy atom. The number of allylic oxidation sites excluding steroid dienone is 2. The molecule has 0 aromatic heterocycles. The lowest BCUT2D eigenvalue weighted by Crippen LogP contribution is -2.41. The molecule has 1 aromatic carbocycles. The summed E-state index contributed by atoms with van der Waals surface area (Å²) < 4.78 is 23.6. The number of aliphatic hydroxyl groups excluding tert-OH is 1. The maximum Gasteiger partial charge on any atom is 0.498 e. The summed E-state index contributed by atoms with van der Waals surface area (Å²) in [5, 5.41) is 11.1. The molecule has 1 unspecified atom stereocenters. The second-order valence-corrected chi connectivity index (χ2v) is 8.94. The van der Waals surface area contributed by atoms with Crippen LogP contribution in [0.25, 0.3) is 0 Å². The average molecular weight is 414 g/mol. The smallest absolute Gasteiger partial charge is 0.498 e. The number of rotatable bonds is 6. The summed E-state index contributed by atoms with van der Waals surface area (Å²) in [6.07, 6.45) is 1.95. The average Bonchev–Trinajstić information content (AvgIpc) is 3.00. The van der Waals surface area contributed by atoms with E-state index in [0.29, 0.717) is 23.4 Å². The molecule has 0 saturated carbocycles. The molecule has 1 N–H and O–H groups in total. The van der Waals surface area contributed by atoms with Crippen molar-refractivity contribution in [2.75, 3.05) is 6.61 Å². The van der Waals surface area contributed by atoms with Gasteiger partial charge in [-0.25, -0.2) is 0 Å². The lowest BCUT2D eigenvalue weighted by molar-refractivity contribution is -0.142. The highest BCUT2D eigenvalue weighted by molar-refractivity contribution is 6.56. The van der Waals surface area contributed by atoms with Gasteiger partial charge in [-0.05, 0) is 60.1 Å². The fourth-order valence-corrected chi connectivity index (χ4v) is 3.52. The number of esters is 1. The van der Waals surface area contributed by atoms with E-state index in [1.54, 1.807) is 19.9 Å². The van der Waals surface area contributed by atoms with Crippen LogP contribution < -0.4 is 4.74 Å². The van der Waals surface area contributed by atoms with Gasteiger partial charge in [-0.3, -0.25) is 4.79 Å². The van der Waals surface area contributed by atoms with E-state index in [1.165, 1.54) is 0 Å². The van der Waals surface area contributed by atoms with Gasteiger partial charge in [0, 0.05) is 11.0 Å². The van der Waals surface area contributed by atoms with Crippen molar-refractivity contribution in [3.8, 4) is 5.75 Å². The first-order chi connectivity index (χ1) is 13.9. The number of aliphatic hydroxyl groups is 1. The van der Waals surface area contributed by atoms with Crippen LogP contribution in [0.2, 0.25) is 0 Å². The van der Waals surface area contributed by atoms with Gasteiger partial charge in [-0.1, -0.05) is 24.3 Å². The third kappa shape index (κ3) is 3.88. The highest BCUT2D eigenvalue weighted by atomic mass is 16.7. The van der Waals surface area contributed by atoms with Gasteiger partial charge in [0.05, 0.1) is 24.2 Å². The number of carbonyl (C=O) groups excluding carboxylic acids is 1. The molecule has 1 aliphatic heterocycles. The summed E-state index contributed by atoms with van der Waals surface area (Å²) in [5.41, 5.74) is -0.0598. The fraction of sp³-hybridized carbons (Fsp3) is 0.522. The Bertz CT molecular complexity index is 885. The van der Waals surface area contributed by atoms with Crippen LogP contribution in [0, 0.1) is 0 Å². The molecule has 3 rings (SSSR count). The van der Waals surface area contributed by atoms with E-state index < -0.39 is 23.9 Å². The zero-order valence-corrected chi connectivity index (χ0v) is 18.9. The second-order valence-electron chi connectivity index (χ2n) is 8.94. The van der Waals surface area contributed by atoms with Crippen molar-refractivity contribution in [1.82, 2.24) is 0 Å². The minimum atomic E-state index is -1.09. The third-order valence-electron chi connectivity index (χ3n) is 6.28. The van der Waals surface area contributed by atoms with Crippen LogP contribution in [0.15, 0.2) is 47.1 Å². The van der Waals surface area contributed by atoms with Crippen molar-refractivity contribution < 1.29 is 28.7 Å². The first-order valence-corrected chi connectivity index (χ1v) is 10.3. The molecule has 7 heteroatoms. The molecule has 1 aromatic rings. The van der Waals surface area contributed by atoms with Gasteiger partial charge in [-0.2, -0.15) is 0 Å². The number of hydrogen-bond acceptors (Lipinski definition) is 6. The topological polar surface area (TPSA) is 74.2 Å². The van der Waals surface area contributed by atoms with Gasteiger partial charge in [0.1, 0.15) is 11.5 Å². The first kappa shape index (κ1) is 22.4. The molecule has 1 saturated heterocycles. The SMILES string of the molecule is CCOC(=O)Cc1ccccc1OC1(C)C(C)=CC(B2OC(C)(C)C(C)(C)O2)=C1O. The summed E-state index contributed by atoms with van der Waals surface area (Å²) in [7, 11) is -0.690. The van der Waals surface area contributed by atoms with E-state index in [9.17, 15) is 9.90 Å². The van der Waals surface area contributed by atoms with Gasteiger partial charge in [0.15, 0.2) is 5.60 Å². The highest BCUT2D eigenvalue weighted by Crippen LogP contribution is 2.44. The van der Waals surface area contributed by atoms with Crippen LogP contribution in [-0.2, 0) is 25.3 Å². The molecule has 1 atom stereocenters. The Labute approximate surface area is 179 Å². The lowest BCUT2D eigenvalue weighted by Gasteiger charge is -2.32. The summed E-state index contributed by atoms with van der Waals surface area (Å²) in [4.78, 5) is 12.0. The maximum absolute atomic E-state index is 12.0. The number of carbonyl (C=O) groups is 1. The van der Waals surface area contributed by atoms with Gasteiger partial charge in [0.2, 0.25) is 0 Å². The predicted molar refractivity (Wildman–Crippen MR) is 115 cm³/mol. The van der Waals surface area contributed by atoms with Crippen molar-refractivity contribution in [3.63, 3.8) is 0 Å². The van der Waals surface area contributed by atoms with E-state index in [1.807, 2.05) is 58.9 Å². The number of ether oxygens (including phenoxy) is 2.